The Balaban J connectivity index is 2.02. The number of nitrogens with two attached hydrogens (primary N) is 1. The molecule has 0 aliphatic carbocycles. The Morgan fingerprint density at radius 1 is 1.33 bits per heavy atom. The maximum atomic E-state index is 11.3. The van der Waals surface area contributed by atoms with E-state index in [1.807, 2.05) is 0 Å². The summed E-state index contributed by atoms with van der Waals surface area (Å²) in [6, 6.07) is 0. The molecular weight excluding hydrogens is 214 g/mol. The number of sulfone groups is 1. The van der Waals surface area contributed by atoms with Gasteiger partial charge in [-0.3, -0.25) is 4.90 Å². The fourth-order valence-electron chi connectivity index (χ4n) is 1.89. The van der Waals surface area contributed by atoms with Crippen molar-refractivity contribution >= 4 is 15.0 Å². The number of likely N-dealkylation sites (tertiary alicyclic amines) is 1. The first-order chi connectivity index (χ1) is 7.08. The quantitative estimate of drug-likeness (QED) is 0.726. The lowest BCUT2D eigenvalue weighted by Crippen LogP contribution is -2.31. The van der Waals surface area contributed by atoms with Gasteiger partial charge in [-0.1, -0.05) is 6.42 Å². The summed E-state index contributed by atoms with van der Waals surface area (Å²) in [6.45, 7) is 2.64. The van der Waals surface area contributed by atoms with E-state index in [0.717, 1.165) is 13.1 Å². The van der Waals surface area contributed by atoms with Crippen molar-refractivity contribution in [2.75, 3.05) is 19.6 Å². The molecule has 2 aliphatic heterocycles. The van der Waals surface area contributed by atoms with Crippen molar-refractivity contribution in [2.24, 2.45) is 10.7 Å². The van der Waals surface area contributed by atoms with Gasteiger partial charge in [0.15, 0.2) is 0 Å². The lowest BCUT2D eigenvalue weighted by molar-refractivity contribution is 0.246. The van der Waals surface area contributed by atoms with E-state index < -0.39 is 9.84 Å². The number of rotatable bonds is 2. The van der Waals surface area contributed by atoms with Gasteiger partial charge < -0.3 is 5.73 Å². The van der Waals surface area contributed by atoms with Crippen molar-refractivity contribution in [3.05, 3.63) is 11.1 Å². The summed E-state index contributed by atoms with van der Waals surface area (Å²) >= 11 is 0. The van der Waals surface area contributed by atoms with E-state index in [1.54, 1.807) is 0 Å². The lowest BCUT2D eigenvalue weighted by atomic mass is 10.1. The van der Waals surface area contributed by atoms with Crippen LogP contribution in [0.5, 0.6) is 0 Å². The first kappa shape index (κ1) is 10.6. The van der Waals surface area contributed by atoms with Crippen LogP contribution in [0.15, 0.2) is 16.1 Å². The average Bonchev–Trinajstić information content (AvgIpc) is 2.42. The summed E-state index contributed by atoms with van der Waals surface area (Å²) in [7, 11) is -3.39. The van der Waals surface area contributed by atoms with Crippen LogP contribution < -0.4 is 5.73 Å². The lowest BCUT2D eigenvalue weighted by Gasteiger charge is -2.25. The zero-order chi connectivity index (χ0) is 10.9. The minimum absolute atomic E-state index is 0.269. The molecule has 0 bridgehead atoms. The largest absolute Gasteiger partial charge is 0.374 e. The number of nitrogens with zero attached hydrogens (tertiary/aromatic N) is 2. The highest BCUT2D eigenvalue weighted by Gasteiger charge is 2.23. The normalized spacial score (nSPS) is 26.1. The summed E-state index contributed by atoms with van der Waals surface area (Å²) in [5.41, 5.74) is 5.86. The van der Waals surface area contributed by atoms with E-state index >= 15 is 0 Å². The maximum absolute atomic E-state index is 11.3. The van der Waals surface area contributed by atoms with Gasteiger partial charge in [0.2, 0.25) is 15.0 Å². The molecule has 2 aliphatic rings. The van der Waals surface area contributed by atoms with Crippen molar-refractivity contribution in [3.63, 3.8) is 0 Å². The third-order valence-electron chi connectivity index (χ3n) is 2.67. The van der Waals surface area contributed by atoms with Crippen molar-refractivity contribution in [3.8, 4) is 0 Å². The van der Waals surface area contributed by atoms with Crippen LogP contribution in [0.4, 0.5) is 0 Å². The zero-order valence-corrected chi connectivity index (χ0v) is 9.33. The van der Waals surface area contributed by atoms with E-state index in [2.05, 4.69) is 9.89 Å². The molecule has 0 aromatic carbocycles. The molecule has 0 aromatic heterocycles. The Kier molecular flexibility index (Phi) is 2.79. The van der Waals surface area contributed by atoms with Gasteiger partial charge in [-0.05, 0) is 25.9 Å². The van der Waals surface area contributed by atoms with Gasteiger partial charge in [0.1, 0.15) is 0 Å². The molecule has 2 heterocycles. The predicted octanol–water partition coefficient (Wildman–Crippen LogP) is 0.0568. The van der Waals surface area contributed by atoms with E-state index in [9.17, 15) is 8.42 Å². The second kappa shape index (κ2) is 3.94. The molecule has 84 valence electrons. The van der Waals surface area contributed by atoms with E-state index in [4.69, 9.17) is 5.73 Å². The number of piperidine rings is 1. The SMILES string of the molecule is NC1=NC(CN2CCCCC2)=CS1(=O)=O. The number of hydrogen-bond donors (Lipinski definition) is 1. The molecule has 0 amide bonds. The summed E-state index contributed by atoms with van der Waals surface area (Å²) < 4.78 is 22.5. The van der Waals surface area contributed by atoms with Gasteiger partial charge in [-0.2, -0.15) is 0 Å². The van der Waals surface area contributed by atoms with Crippen molar-refractivity contribution in [2.45, 2.75) is 19.3 Å². The Morgan fingerprint density at radius 3 is 2.53 bits per heavy atom. The summed E-state index contributed by atoms with van der Waals surface area (Å²) in [5, 5.41) is 0.909. The molecule has 2 rings (SSSR count). The molecule has 0 saturated carbocycles. The zero-order valence-electron chi connectivity index (χ0n) is 8.52. The number of aliphatic imine (C=N–C) groups is 1. The van der Waals surface area contributed by atoms with Crippen LogP contribution in [0.3, 0.4) is 0 Å². The second-order valence-corrected chi connectivity index (χ2v) is 5.69. The smallest absolute Gasteiger partial charge is 0.234 e. The standard InChI is InChI=1S/C9H15N3O2S/c10-9-11-8(7-15(9,13)14)6-12-4-2-1-3-5-12/h7H,1-6H2,(H2,10,11). The first-order valence-electron chi connectivity index (χ1n) is 5.10. The van der Waals surface area contributed by atoms with Gasteiger partial charge in [0, 0.05) is 6.54 Å². The third-order valence-corrected chi connectivity index (χ3v) is 3.93. The minimum Gasteiger partial charge on any atom is -0.374 e. The molecule has 0 radical (unpaired) electrons. The van der Waals surface area contributed by atoms with Crippen LogP contribution in [0.1, 0.15) is 19.3 Å². The van der Waals surface area contributed by atoms with Gasteiger partial charge in [0.05, 0.1) is 11.1 Å². The Bertz CT molecular complexity index is 405. The summed E-state index contributed by atoms with van der Waals surface area (Å²) in [5.74, 6) is 0. The van der Waals surface area contributed by atoms with Crippen molar-refractivity contribution in [1.29, 1.82) is 0 Å². The predicted molar refractivity (Wildman–Crippen MR) is 58.9 cm³/mol. The first-order valence-corrected chi connectivity index (χ1v) is 6.65. The van der Waals surface area contributed by atoms with Gasteiger partial charge in [0.25, 0.3) is 0 Å². The fourth-order valence-corrected chi connectivity index (χ4v) is 2.74. The monoisotopic (exact) mass is 229 g/mol. The van der Waals surface area contributed by atoms with Crippen molar-refractivity contribution in [1.82, 2.24) is 4.90 Å². The minimum atomic E-state index is -3.39. The highest BCUT2D eigenvalue weighted by atomic mass is 32.2. The molecule has 6 heteroatoms. The van der Waals surface area contributed by atoms with Crippen molar-refractivity contribution < 1.29 is 8.42 Å². The van der Waals surface area contributed by atoms with Crippen LogP contribution >= 0.6 is 0 Å². The maximum Gasteiger partial charge on any atom is 0.234 e. The Labute approximate surface area is 89.6 Å². The van der Waals surface area contributed by atoms with Crippen LogP contribution in [0.2, 0.25) is 0 Å². The summed E-state index contributed by atoms with van der Waals surface area (Å²) in [6.07, 6.45) is 3.62. The molecular formula is C9H15N3O2S. The van der Waals surface area contributed by atoms with E-state index in [-0.39, 0.29) is 5.17 Å². The Hall–Kier alpha value is -0.880. The molecule has 1 fully saturated rings. The van der Waals surface area contributed by atoms with Crippen LogP contribution in [-0.4, -0.2) is 38.1 Å². The van der Waals surface area contributed by atoms with E-state index in [1.165, 1.54) is 24.7 Å². The Morgan fingerprint density at radius 2 is 2.00 bits per heavy atom. The number of amidine groups is 1. The van der Waals surface area contributed by atoms with Gasteiger partial charge in [-0.15, -0.1) is 0 Å². The summed E-state index contributed by atoms with van der Waals surface area (Å²) in [4.78, 5) is 6.08. The van der Waals surface area contributed by atoms with Crippen LogP contribution in [-0.2, 0) is 9.84 Å². The van der Waals surface area contributed by atoms with Gasteiger partial charge in [-0.25, -0.2) is 13.4 Å². The topological polar surface area (TPSA) is 75.8 Å². The van der Waals surface area contributed by atoms with E-state index in [0.29, 0.717) is 12.2 Å². The molecule has 0 atom stereocenters. The van der Waals surface area contributed by atoms with Gasteiger partial charge >= 0.3 is 0 Å². The number of hydrogen-bond acceptors (Lipinski definition) is 5. The fraction of sp³-hybridized carbons (Fsp3) is 0.667. The molecule has 0 spiro atoms. The molecule has 2 N–H and O–H groups in total. The highest BCUT2D eigenvalue weighted by molar-refractivity contribution is 8.09. The van der Waals surface area contributed by atoms with Crippen LogP contribution in [0, 0.1) is 0 Å². The highest BCUT2D eigenvalue weighted by Crippen LogP contribution is 2.16. The van der Waals surface area contributed by atoms with Crippen LogP contribution in [0.25, 0.3) is 0 Å². The molecule has 1 saturated heterocycles. The molecule has 15 heavy (non-hydrogen) atoms. The average molecular weight is 229 g/mol. The second-order valence-electron chi connectivity index (χ2n) is 3.94. The molecule has 0 unspecified atom stereocenters. The molecule has 5 nitrogen and oxygen atoms in total. The molecule has 0 aromatic rings. The third kappa shape index (κ3) is 2.38.